The van der Waals surface area contributed by atoms with Crippen LogP contribution in [-0.4, -0.2) is 16.1 Å². The van der Waals surface area contributed by atoms with Gasteiger partial charge < -0.3 is 10.3 Å². The lowest BCUT2D eigenvalue weighted by Gasteiger charge is -2.07. The maximum atomic E-state index is 13.9. The smallest absolute Gasteiger partial charge is 0.155 e. The number of hydrogen-bond donors (Lipinski definition) is 1. The minimum absolute atomic E-state index is 0.290. The van der Waals surface area contributed by atoms with Gasteiger partial charge in [-0.15, -0.1) is 0 Å². The zero-order chi connectivity index (χ0) is 13.3. The normalized spacial score (nSPS) is 10.9. The molecule has 0 radical (unpaired) electrons. The molecule has 0 atom stereocenters. The minimum Gasteiger partial charge on any atom is -0.330 e. The van der Waals surface area contributed by atoms with Gasteiger partial charge in [0.05, 0.1) is 5.69 Å². The average molecular weight is 333 g/mol. The third-order valence-electron chi connectivity index (χ3n) is 2.70. The molecule has 2 aromatic rings. The summed E-state index contributed by atoms with van der Waals surface area (Å²) in [5, 5.41) is 0.290. The number of nitrogens with zero attached hydrogens (tertiary/aromatic N) is 2. The van der Waals surface area contributed by atoms with E-state index in [9.17, 15) is 4.39 Å². The summed E-state index contributed by atoms with van der Waals surface area (Å²) in [7, 11) is 1.81. The number of aromatic nitrogens is 2. The zero-order valence-electron chi connectivity index (χ0n) is 9.75. The van der Waals surface area contributed by atoms with Crippen molar-refractivity contribution in [1.82, 2.24) is 9.55 Å². The standard InChI is InChI=1S/C12H12BrClFN3/c1-18-10(4-5-16)17-12(14)11(18)8-6-7(13)2-3-9(8)15/h2-3,6H,4-5,16H2,1H3. The number of nitrogens with two attached hydrogens (primary N) is 1. The Bertz CT molecular complexity index is 583. The van der Waals surface area contributed by atoms with Crippen LogP contribution in [0.15, 0.2) is 22.7 Å². The lowest BCUT2D eigenvalue weighted by Crippen LogP contribution is -2.08. The first-order chi connectivity index (χ1) is 8.54. The molecule has 0 saturated carbocycles. The molecule has 1 heterocycles. The molecular weight excluding hydrogens is 321 g/mol. The maximum Gasteiger partial charge on any atom is 0.155 e. The van der Waals surface area contributed by atoms with E-state index in [0.29, 0.717) is 24.2 Å². The quantitative estimate of drug-likeness (QED) is 0.938. The highest BCUT2D eigenvalue weighted by Gasteiger charge is 2.17. The van der Waals surface area contributed by atoms with E-state index in [1.807, 2.05) is 0 Å². The molecule has 6 heteroatoms. The molecule has 0 fully saturated rings. The van der Waals surface area contributed by atoms with Crippen molar-refractivity contribution in [3.8, 4) is 11.3 Å². The van der Waals surface area contributed by atoms with Gasteiger partial charge in [0.1, 0.15) is 11.6 Å². The Morgan fingerprint density at radius 1 is 1.50 bits per heavy atom. The Kier molecular flexibility index (Phi) is 4.04. The van der Waals surface area contributed by atoms with Gasteiger partial charge in [0.25, 0.3) is 0 Å². The number of halogens is 3. The molecule has 96 valence electrons. The fraction of sp³-hybridized carbons (Fsp3) is 0.250. The van der Waals surface area contributed by atoms with Gasteiger partial charge in [-0.3, -0.25) is 0 Å². The first-order valence-corrected chi connectivity index (χ1v) is 6.58. The largest absolute Gasteiger partial charge is 0.330 e. The highest BCUT2D eigenvalue weighted by Crippen LogP contribution is 2.32. The van der Waals surface area contributed by atoms with E-state index in [4.69, 9.17) is 17.3 Å². The third-order valence-corrected chi connectivity index (χ3v) is 3.45. The number of imidazole rings is 1. The molecule has 0 aliphatic rings. The van der Waals surface area contributed by atoms with E-state index in [-0.39, 0.29) is 11.0 Å². The maximum absolute atomic E-state index is 13.9. The third kappa shape index (κ3) is 2.43. The highest BCUT2D eigenvalue weighted by atomic mass is 79.9. The molecule has 0 aliphatic carbocycles. The summed E-state index contributed by atoms with van der Waals surface area (Å²) in [6.07, 6.45) is 0.603. The van der Waals surface area contributed by atoms with Crippen molar-refractivity contribution >= 4 is 27.5 Å². The summed E-state index contributed by atoms with van der Waals surface area (Å²) < 4.78 is 16.4. The Labute approximate surface area is 118 Å². The van der Waals surface area contributed by atoms with Crippen LogP contribution < -0.4 is 5.73 Å². The van der Waals surface area contributed by atoms with Crippen LogP contribution in [0.3, 0.4) is 0 Å². The first kappa shape index (κ1) is 13.5. The minimum atomic E-state index is -0.331. The Morgan fingerprint density at radius 3 is 2.89 bits per heavy atom. The monoisotopic (exact) mass is 331 g/mol. The van der Waals surface area contributed by atoms with Crippen LogP contribution in [0.2, 0.25) is 5.15 Å². The highest BCUT2D eigenvalue weighted by molar-refractivity contribution is 9.10. The molecule has 3 nitrogen and oxygen atoms in total. The second-order valence-corrected chi connectivity index (χ2v) is 5.16. The van der Waals surface area contributed by atoms with Gasteiger partial charge in [0.15, 0.2) is 5.15 Å². The van der Waals surface area contributed by atoms with Gasteiger partial charge in [-0.25, -0.2) is 9.37 Å². The second-order valence-electron chi connectivity index (χ2n) is 3.89. The van der Waals surface area contributed by atoms with Crippen molar-refractivity contribution in [3.63, 3.8) is 0 Å². The summed E-state index contributed by atoms with van der Waals surface area (Å²) in [5.41, 5.74) is 6.50. The van der Waals surface area contributed by atoms with E-state index in [1.165, 1.54) is 6.07 Å². The summed E-state index contributed by atoms with van der Waals surface area (Å²) in [4.78, 5) is 4.21. The van der Waals surface area contributed by atoms with Gasteiger partial charge in [-0.2, -0.15) is 0 Å². The van der Waals surface area contributed by atoms with E-state index in [2.05, 4.69) is 20.9 Å². The van der Waals surface area contributed by atoms with Gasteiger partial charge in [-0.1, -0.05) is 27.5 Å². The van der Waals surface area contributed by atoms with Crippen LogP contribution in [-0.2, 0) is 13.5 Å². The van der Waals surface area contributed by atoms with Gasteiger partial charge in [0, 0.05) is 23.5 Å². The van der Waals surface area contributed by atoms with Gasteiger partial charge in [0.2, 0.25) is 0 Å². The lowest BCUT2D eigenvalue weighted by atomic mass is 10.1. The van der Waals surface area contributed by atoms with E-state index in [0.717, 1.165) is 10.3 Å². The predicted molar refractivity (Wildman–Crippen MR) is 74.1 cm³/mol. The summed E-state index contributed by atoms with van der Waals surface area (Å²) in [6, 6.07) is 4.72. The van der Waals surface area contributed by atoms with Crippen molar-refractivity contribution in [2.45, 2.75) is 6.42 Å². The van der Waals surface area contributed by atoms with Crippen molar-refractivity contribution in [3.05, 3.63) is 39.5 Å². The van der Waals surface area contributed by atoms with Crippen molar-refractivity contribution < 1.29 is 4.39 Å². The molecule has 0 aliphatic heterocycles. The molecular formula is C12H12BrClFN3. The molecule has 1 aromatic carbocycles. The summed E-state index contributed by atoms with van der Waals surface area (Å²) in [5.74, 6) is 0.416. The van der Waals surface area contributed by atoms with Crippen LogP contribution in [0.1, 0.15) is 5.82 Å². The fourth-order valence-electron chi connectivity index (χ4n) is 1.83. The van der Waals surface area contributed by atoms with E-state index < -0.39 is 0 Å². The predicted octanol–water partition coefficient (Wildman–Crippen LogP) is 3.14. The Balaban J connectivity index is 2.60. The molecule has 0 unspecified atom stereocenters. The topological polar surface area (TPSA) is 43.8 Å². The number of hydrogen-bond acceptors (Lipinski definition) is 2. The SMILES string of the molecule is Cn1c(CCN)nc(Cl)c1-c1cc(Br)ccc1F. The molecule has 2 rings (SSSR count). The average Bonchev–Trinajstić information content (AvgIpc) is 2.59. The number of rotatable bonds is 3. The van der Waals surface area contributed by atoms with Crippen molar-refractivity contribution in [2.75, 3.05) is 6.54 Å². The van der Waals surface area contributed by atoms with Gasteiger partial charge in [-0.05, 0) is 24.7 Å². The van der Waals surface area contributed by atoms with Crippen LogP contribution in [0, 0.1) is 5.82 Å². The van der Waals surface area contributed by atoms with E-state index >= 15 is 0 Å². The summed E-state index contributed by atoms with van der Waals surface area (Å²) in [6.45, 7) is 0.474. The van der Waals surface area contributed by atoms with Crippen molar-refractivity contribution in [2.24, 2.45) is 12.8 Å². The lowest BCUT2D eigenvalue weighted by molar-refractivity contribution is 0.629. The molecule has 2 N–H and O–H groups in total. The number of benzene rings is 1. The van der Waals surface area contributed by atoms with Crippen LogP contribution in [0.25, 0.3) is 11.3 Å². The molecule has 18 heavy (non-hydrogen) atoms. The second kappa shape index (κ2) is 5.38. The molecule has 0 saturated heterocycles. The first-order valence-electron chi connectivity index (χ1n) is 5.41. The van der Waals surface area contributed by atoms with Crippen LogP contribution >= 0.6 is 27.5 Å². The van der Waals surface area contributed by atoms with E-state index in [1.54, 1.807) is 23.7 Å². The summed E-state index contributed by atoms with van der Waals surface area (Å²) >= 11 is 9.41. The fourth-order valence-corrected chi connectivity index (χ4v) is 2.52. The molecule has 1 aromatic heterocycles. The molecule has 0 bridgehead atoms. The Hall–Kier alpha value is -0.910. The van der Waals surface area contributed by atoms with Crippen molar-refractivity contribution in [1.29, 1.82) is 0 Å². The molecule has 0 spiro atoms. The van der Waals surface area contributed by atoms with Crippen LogP contribution in [0.4, 0.5) is 4.39 Å². The zero-order valence-corrected chi connectivity index (χ0v) is 12.1. The van der Waals surface area contributed by atoms with Gasteiger partial charge >= 0.3 is 0 Å². The molecule has 0 amide bonds. The van der Waals surface area contributed by atoms with Crippen LogP contribution in [0.5, 0.6) is 0 Å². The Morgan fingerprint density at radius 2 is 2.22 bits per heavy atom.